The Balaban J connectivity index is 1.09. The molecule has 4 heteroatoms. The molecule has 0 N–H and O–H groups in total. The number of furan rings is 1. The maximum Gasteiger partial charge on any atom is 0.164 e. The van der Waals surface area contributed by atoms with E-state index in [0.717, 1.165) is 56.0 Å². The fraction of sp³-hybridized carbons (Fsp3) is 0.0600. The van der Waals surface area contributed by atoms with Gasteiger partial charge in [-0.3, -0.25) is 0 Å². The number of aromatic nitrogens is 3. The Labute approximate surface area is 312 Å². The van der Waals surface area contributed by atoms with E-state index in [2.05, 4.69) is 128 Å². The molecule has 0 radical (unpaired) electrons. The number of benzene rings is 8. The SMILES string of the molecule is CC1CC=Cc2c1cc(-c1ccc3c(c1)oc1cccc(-c4nc(-c5ccccc5)nc(-c5ccc6c(ccc7ccccc76)c5)n4)c13)c1ccccc21. The van der Waals surface area contributed by atoms with E-state index in [9.17, 15) is 0 Å². The van der Waals surface area contributed by atoms with Crippen LogP contribution in [0.1, 0.15) is 30.4 Å². The summed E-state index contributed by atoms with van der Waals surface area (Å²) in [6.07, 6.45) is 5.65. The van der Waals surface area contributed by atoms with Gasteiger partial charge < -0.3 is 4.42 Å². The van der Waals surface area contributed by atoms with E-state index in [1.165, 1.54) is 43.6 Å². The average Bonchev–Trinajstić information content (AvgIpc) is 3.62. The first-order chi connectivity index (χ1) is 26.7. The number of nitrogens with zero attached hydrogens (tertiary/aromatic N) is 3. The second-order valence-electron chi connectivity index (χ2n) is 14.4. The predicted octanol–water partition coefficient (Wildman–Crippen LogP) is 13.4. The summed E-state index contributed by atoms with van der Waals surface area (Å²) in [6, 6.07) is 53.4. The molecule has 0 aliphatic heterocycles. The molecule has 11 rings (SSSR count). The minimum atomic E-state index is 0.464. The third-order valence-electron chi connectivity index (χ3n) is 11.1. The van der Waals surface area contributed by atoms with E-state index in [1.807, 2.05) is 42.5 Å². The number of fused-ring (bicyclic) bond motifs is 9. The van der Waals surface area contributed by atoms with Crippen molar-refractivity contribution in [3.8, 4) is 45.3 Å². The predicted molar refractivity (Wildman–Crippen MR) is 223 cm³/mol. The van der Waals surface area contributed by atoms with Gasteiger partial charge >= 0.3 is 0 Å². The summed E-state index contributed by atoms with van der Waals surface area (Å²) in [4.78, 5) is 15.4. The molecule has 54 heavy (non-hydrogen) atoms. The monoisotopic (exact) mass is 691 g/mol. The summed E-state index contributed by atoms with van der Waals surface area (Å²) in [5.41, 5.74) is 9.53. The first-order valence-corrected chi connectivity index (χ1v) is 18.6. The van der Waals surface area contributed by atoms with Crippen molar-refractivity contribution in [2.75, 3.05) is 0 Å². The maximum absolute atomic E-state index is 6.65. The first kappa shape index (κ1) is 30.7. The fourth-order valence-electron chi connectivity index (χ4n) is 8.44. The van der Waals surface area contributed by atoms with Gasteiger partial charge in [0.15, 0.2) is 17.5 Å². The zero-order chi connectivity index (χ0) is 35.8. The minimum Gasteiger partial charge on any atom is -0.456 e. The lowest BCUT2D eigenvalue weighted by Gasteiger charge is -2.22. The third-order valence-corrected chi connectivity index (χ3v) is 11.1. The van der Waals surface area contributed by atoms with E-state index >= 15 is 0 Å². The summed E-state index contributed by atoms with van der Waals surface area (Å²) in [7, 11) is 0. The molecule has 8 aromatic carbocycles. The molecule has 254 valence electrons. The summed E-state index contributed by atoms with van der Waals surface area (Å²) >= 11 is 0. The normalized spacial score (nSPS) is 14.1. The van der Waals surface area contributed by atoms with Gasteiger partial charge in [0.2, 0.25) is 0 Å². The van der Waals surface area contributed by atoms with Crippen LogP contribution in [0, 0.1) is 0 Å². The Kier molecular flexibility index (Phi) is 6.86. The largest absolute Gasteiger partial charge is 0.456 e. The van der Waals surface area contributed by atoms with Crippen LogP contribution < -0.4 is 0 Å². The van der Waals surface area contributed by atoms with Crippen LogP contribution in [-0.2, 0) is 0 Å². The van der Waals surface area contributed by atoms with Crippen molar-refractivity contribution >= 4 is 60.3 Å². The lowest BCUT2D eigenvalue weighted by atomic mass is 9.82. The van der Waals surface area contributed by atoms with Gasteiger partial charge in [-0.15, -0.1) is 0 Å². The number of hydrogen-bond donors (Lipinski definition) is 0. The van der Waals surface area contributed by atoms with Crippen molar-refractivity contribution in [1.29, 1.82) is 0 Å². The second kappa shape index (κ2) is 12.1. The van der Waals surface area contributed by atoms with Crippen molar-refractivity contribution in [2.24, 2.45) is 0 Å². The summed E-state index contributed by atoms with van der Waals surface area (Å²) in [5.74, 6) is 2.33. The number of rotatable bonds is 4. The van der Waals surface area contributed by atoms with Crippen molar-refractivity contribution in [2.45, 2.75) is 19.3 Å². The molecule has 1 unspecified atom stereocenters. The highest BCUT2D eigenvalue weighted by Gasteiger charge is 2.21. The van der Waals surface area contributed by atoms with Crippen LogP contribution in [0.3, 0.4) is 0 Å². The molecule has 1 atom stereocenters. The van der Waals surface area contributed by atoms with Gasteiger partial charge in [0.05, 0.1) is 0 Å². The second-order valence-corrected chi connectivity index (χ2v) is 14.4. The van der Waals surface area contributed by atoms with Crippen LogP contribution in [0.15, 0.2) is 162 Å². The molecule has 0 spiro atoms. The van der Waals surface area contributed by atoms with Crippen LogP contribution in [0.5, 0.6) is 0 Å². The quantitative estimate of drug-likeness (QED) is 0.172. The molecular formula is C50H33N3O. The standard InChI is InChI=1S/C50H33N3O/c1-30-11-9-18-39-38-16-7-8-17-40(38)44(29-43(30)39)34-23-26-41-46(28-34)54-45-20-10-19-42(47(41)45)50-52-48(32-13-3-2-4-14-32)51-49(53-50)35-24-25-37-33(27-35)22-21-31-12-5-6-15-36(31)37/h2-10,12-30H,11H2,1H3. The Morgan fingerprint density at radius 1 is 0.481 bits per heavy atom. The highest BCUT2D eigenvalue weighted by Crippen LogP contribution is 2.43. The van der Waals surface area contributed by atoms with Gasteiger partial charge in [-0.25, -0.2) is 15.0 Å². The van der Waals surface area contributed by atoms with Crippen molar-refractivity contribution in [1.82, 2.24) is 15.0 Å². The molecule has 2 aromatic heterocycles. The topological polar surface area (TPSA) is 51.8 Å². The van der Waals surface area contributed by atoms with Gasteiger partial charge in [-0.2, -0.15) is 0 Å². The first-order valence-electron chi connectivity index (χ1n) is 18.6. The van der Waals surface area contributed by atoms with Crippen molar-refractivity contribution in [3.05, 3.63) is 169 Å². The minimum absolute atomic E-state index is 0.464. The Hall–Kier alpha value is -6.91. The smallest absolute Gasteiger partial charge is 0.164 e. The van der Waals surface area contributed by atoms with Crippen LogP contribution in [0.25, 0.3) is 106 Å². The van der Waals surface area contributed by atoms with E-state index < -0.39 is 0 Å². The molecule has 0 saturated carbocycles. The summed E-state index contributed by atoms with van der Waals surface area (Å²) in [6.45, 7) is 2.32. The highest BCUT2D eigenvalue weighted by molar-refractivity contribution is 6.13. The molecule has 4 nitrogen and oxygen atoms in total. The Morgan fingerprint density at radius 3 is 2.07 bits per heavy atom. The molecule has 1 aliphatic carbocycles. The molecule has 0 amide bonds. The van der Waals surface area contributed by atoms with Gasteiger partial charge in [0.25, 0.3) is 0 Å². The van der Waals surface area contributed by atoms with E-state index in [1.54, 1.807) is 0 Å². The average molecular weight is 692 g/mol. The molecule has 0 fully saturated rings. The van der Waals surface area contributed by atoms with Crippen LogP contribution >= 0.6 is 0 Å². The van der Waals surface area contributed by atoms with Gasteiger partial charge in [0, 0.05) is 27.5 Å². The van der Waals surface area contributed by atoms with E-state index in [0.29, 0.717) is 23.4 Å². The Bertz CT molecular complexity index is 3160. The molecule has 0 saturated heterocycles. The number of allylic oxidation sites excluding steroid dienone is 1. The van der Waals surface area contributed by atoms with Crippen molar-refractivity contribution < 1.29 is 4.42 Å². The van der Waals surface area contributed by atoms with Gasteiger partial charge in [-0.05, 0) is 97.2 Å². The fourth-order valence-corrected chi connectivity index (χ4v) is 8.44. The van der Waals surface area contributed by atoms with E-state index in [-0.39, 0.29) is 0 Å². The van der Waals surface area contributed by atoms with Gasteiger partial charge in [0.1, 0.15) is 11.2 Å². The molecule has 0 bridgehead atoms. The van der Waals surface area contributed by atoms with Crippen LogP contribution in [0.2, 0.25) is 0 Å². The zero-order valence-corrected chi connectivity index (χ0v) is 29.6. The van der Waals surface area contributed by atoms with E-state index in [4.69, 9.17) is 19.4 Å². The summed E-state index contributed by atoms with van der Waals surface area (Å²) < 4.78 is 6.65. The molecule has 2 heterocycles. The lowest BCUT2D eigenvalue weighted by molar-refractivity contribution is 0.669. The number of hydrogen-bond acceptors (Lipinski definition) is 4. The maximum atomic E-state index is 6.65. The zero-order valence-electron chi connectivity index (χ0n) is 29.6. The van der Waals surface area contributed by atoms with Crippen LogP contribution in [0.4, 0.5) is 0 Å². The molecular weight excluding hydrogens is 659 g/mol. The molecule has 1 aliphatic rings. The van der Waals surface area contributed by atoms with Crippen LogP contribution in [-0.4, -0.2) is 15.0 Å². The Morgan fingerprint density at radius 2 is 1.19 bits per heavy atom. The van der Waals surface area contributed by atoms with Gasteiger partial charge in [-0.1, -0.05) is 140 Å². The highest BCUT2D eigenvalue weighted by atomic mass is 16.3. The summed E-state index contributed by atoms with van der Waals surface area (Å²) in [5, 5.41) is 9.37. The lowest BCUT2D eigenvalue weighted by Crippen LogP contribution is -2.01. The third kappa shape index (κ3) is 4.87. The van der Waals surface area contributed by atoms with Crippen molar-refractivity contribution in [3.63, 3.8) is 0 Å². The molecule has 10 aromatic rings.